The Labute approximate surface area is 137 Å². The summed E-state index contributed by atoms with van der Waals surface area (Å²) in [5.41, 5.74) is 2.51. The van der Waals surface area contributed by atoms with Crippen molar-refractivity contribution in [1.29, 1.82) is 0 Å². The zero-order chi connectivity index (χ0) is 15.7. The molecule has 2 aromatic rings. The van der Waals surface area contributed by atoms with Crippen LogP contribution in [0, 0.1) is 0 Å². The van der Waals surface area contributed by atoms with E-state index in [2.05, 4.69) is 21.2 Å². The highest BCUT2D eigenvalue weighted by molar-refractivity contribution is 9.10. The molecule has 0 aliphatic carbocycles. The van der Waals surface area contributed by atoms with Crippen LogP contribution in [0.3, 0.4) is 0 Å². The molecule has 22 heavy (non-hydrogen) atoms. The standard InChI is InChI=1S/C17H15BrN2O2/c1-11-9-12-5-2-3-8-15(12)20(11)17(22)16(21)19-14-7-4-6-13(18)10-14/h2-8,10-11H,9H2,1H3,(H,19,21). The highest BCUT2D eigenvalue weighted by Gasteiger charge is 2.34. The number of nitrogens with one attached hydrogen (secondary N) is 1. The predicted octanol–water partition coefficient (Wildman–Crippen LogP) is 3.37. The lowest BCUT2D eigenvalue weighted by Crippen LogP contribution is -2.43. The molecule has 1 N–H and O–H groups in total. The van der Waals surface area contributed by atoms with Crippen molar-refractivity contribution < 1.29 is 9.59 Å². The molecule has 1 atom stereocenters. The van der Waals surface area contributed by atoms with Gasteiger partial charge in [-0.1, -0.05) is 40.2 Å². The van der Waals surface area contributed by atoms with Gasteiger partial charge in [-0.2, -0.15) is 0 Å². The first-order chi connectivity index (χ1) is 10.6. The zero-order valence-electron chi connectivity index (χ0n) is 12.0. The van der Waals surface area contributed by atoms with E-state index in [4.69, 9.17) is 0 Å². The molecule has 0 aromatic heterocycles. The summed E-state index contributed by atoms with van der Waals surface area (Å²) in [5, 5.41) is 2.65. The topological polar surface area (TPSA) is 49.4 Å². The number of amides is 2. The van der Waals surface area contributed by atoms with Crippen molar-refractivity contribution in [2.45, 2.75) is 19.4 Å². The summed E-state index contributed by atoms with van der Waals surface area (Å²) in [7, 11) is 0. The fourth-order valence-corrected chi connectivity index (χ4v) is 3.13. The molecule has 3 rings (SSSR count). The average Bonchev–Trinajstić information content (AvgIpc) is 2.82. The van der Waals surface area contributed by atoms with Crippen LogP contribution in [-0.2, 0) is 16.0 Å². The molecule has 112 valence electrons. The second-order valence-corrected chi connectivity index (χ2v) is 6.24. The second kappa shape index (κ2) is 5.93. The van der Waals surface area contributed by atoms with E-state index in [-0.39, 0.29) is 6.04 Å². The Bertz CT molecular complexity index is 745. The van der Waals surface area contributed by atoms with Gasteiger partial charge in [0, 0.05) is 21.9 Å². The lowest BCUT2D eigenvalue weighted by atomic mass is 10.1. The average molecular weight is 359 g/mol. The Morgan fingerprint density at radius 1 is 1.18 bits per heavy atom. The number of benzene rings is 2. The molecule has 5 heteroatoms. The third kappa shape index (κ3) is 2.76. The quantitative estimate of drug-likeness (QED) is 0.794. The SMILES string of the molecule is CC1Cc2ccccc2N1C(=O)C(=O)Nc1cccc(Br)c1. The Balaban J connectivity index is 1.80. The first kappa shape index (κ1) is 14.8. The van der Waals surface area contributed by atoms with Crippen molar-refractivity contribution in [2.75, 3.05) is 10.2 Å². The summed E-state index contributed by atoms with van der Waals surface area (Å²) >= 11 is 3.34. The van der Waals surface area contributed by atoms with Gasteiger partial charge in [0.15, 0.2) is 0 Å². The van der Waals surface area contributed by atoms with E-state index in [0.29, 0.717) is 5.69 Å². The van der Waals surface area contributed by atoms with E-state index in [1.807, 2.05) is 37.3 Å². The molecule has 4 nitrogen and oxygen atoms in total. The molecule has 2 amide bonds. The van der Waals surface area contributed by atoms with E-state index >= 15 is 0 Å². The fraction of sp³-hybridized carbons (Fsp3) is 0.176. The normalized spacial score (nSPS) is 16.3. The number of fused-ring (bicyclic) bond motifs is 1. The van der Waals surface area contributed by atoms with E-state index in [1.165, 1.54) is 0 Å². The summed E-state index contributed by atoms with van der Waals surface area (Å²) in [4.78, 5) is 26.3. The monoisotopic (exact) mass is 358 g/mol. The maximum atomic E-state index is 12.5. The van der Waals surface area contributed by atoms with Gasteiger partial charge in [-0.15, -0.1) is 0 Å². The zero-order valence-corrected chi connectivity index (χ0v) is 13.6. The molecule has 1 heterocycles. The van der Waals surface area contributed by atoms with E-state index in [9.17, 15) is 9.59 Å². The van der Waals surface area contributed by atoms with Crippen molar-refractivity contribution in [2.24, 2.45) is 0 Å². The van der Waals surface area contributed by atoms with E-state index in [0.717, 1.165) is 22.1 Å². The summed E-state index contributed by atoms with van der Waals surface area (Å²) in [6, 6.07) is 14.8. The molecule has 0 fully saturated rings. The van der Waals surface area contributed by atoms with Gasteiger partial charge in [-0.3, -0.25) is 9.59 Å². The van der Waals surface area contributed by atoms with Gasteiger partial charge in [-0.25, -0.2) is 0 Å². The minimum atomic E-state index is -0.623. The maximum absolute atomic E-state index is 12.5. The second-order valence-electron chi connectivity index (χ2n) is 5.32. The molecule has 0 spiro atoms. The highest BCUT2D eigenvalue weighted by atomic mass is 79.9. The first-order valence-electron chi connectivity index (χ1n) is 7.04. The number of rotatable bonds is 1. The molecule has 0 bridgehead atoms. The largest absolute Gasteiger partial charge is 0.318 e. The minimum Gasteiger partial charge on any atom is -0.318 e. The van der Waals surface area contributed by atoms with E-state index in [1.54, 1.807) is 23.1 Å². The Kier molecular flexibility index (Phi) is 3.98. The van der Waals surface area contributed by atoms with Crippen LogP contribution in [0.2, 0.25) is 0 Å². The van der Waals surface area contributed by atoms with Crippen LogP contribution in [0.15, 0.2) is 53.0 Å². The fourth-order valence-electron chi connectivity index (χ4n) is 2.74. The summed E-state index contributed by atoms with van der Waals surface area (Å²) < 4.78 is 0.845. The minimum absolute atomic E-state index is 0.0156. The Morgan fingerprint density at radius 2 is 1.95 bits per heavy atom. The summed E-state index contributed by atoms with van der Waals surface area (Å²) in [5.74, 6) is -1.15. The summed E-state index contributed by atoms with van der Waals surface area (Å²) in [6.07, 6.45) is 0.770. The van der Waals surface area contributed by atoms with Gasteiger partial charge in [0.2, 0.25) is 0 Å². The molecular weight excluding hydrogens is 344 g/mol. The molecular formula is C17H15BrN2O2. The first-order valence-corrected chi connectivity index (χ1v) is 7.83. The van der Waals surface area contributed by atoms with Gasteiger partial charge in [-0.05, 0) is 43.2 Å². The number of hydrogen-bond donors (Lipinski definition) is 1. The lowest BCUT2D eigenvalue weighted by Gasteiger charge is -2.22. The summed E-state index contributed by atoms with van der Waals surface area (Å²) in [6.45, 7) is 1.95. The van der Waals surface area contributed by atoms with Crippen molar-refractivity contribution in [1.82, 2.24) is 0 Å². The predicted molar refractivity (Wildman–Crippen MR) is 89.9 cm³/mol. The van der Waals surface area contributed by atoms with Gasteiger partial charge < -0.3 is 10.2 Å². The lowest BCUT2D eigenvalue weighted by molar-refractivity contribution is -0.134. The number of para-hydroxylation sites is 1. The van der Waals surface area contributed by atoms with Crippen LogP contribution in [-0.4, -0.2) is 17.9 Å². The molecule has 1 unspecified atom stereocenters. The number of anilines is 2. The van der Waals surface area contributed by atoms with Crippen LogP contribution >= 0.6 is 15.9 Å². The van der Waals surface area contributed by atoms with Crippen molar-refractivity contribution in [3.05, 3.63) is 58.6 Å². The third-order valence-electron chi connectivity index (χ3n) is 3.70. The van der Waals surface area contributed by atoms with Gasteiger partial charge in [0.05, 0.1) is 0 Å². The molecule has 0 saturated heterocycles. The van der Waals surface area contributed by atoms with Crippen molar-refractivity contribution >= 4 is 39.1 Å². The third-order valence-corrected chi connectivity index (χ3v) is 4.20. The van der Waals surface area contributed by atoms with Crippen LogP contribution in [0.5, 0.6) is 0 Å². The molecule has 0 radical (unpaired) electrons. The van der Waals surface area contributed by atoms with Crippen molar-refractivity contribution in [3.63, 3.8) is 0 Å². The molecule has 1 aliphatic rings. The van der Waals surface area contributed by atoms with Crippen LogP contribution in [0.4, 0.5) is 11.4 Å². The number of carbonyl (C=O) groups excluding carboxylic acids is 2. The number of hydrogen-bond acceptors (Lipinski definition) is 2. The van der Waals surface area contributed by atoms with Gasteiger partial charge >= 0.3 is 11.8 Å². The number of nitrogens with zero attached hydrogens (tertiary/aromatic N) is 1. The van der Waals surface area contributed by atoms with Gasteiger partial charge in [0.25, 0.3) is 0 Å². The highest BCUT2D eigenvalue weighted by Crippen LogP contribution is 2.31. The Morgan fingerprint density at radius 3 is 2.73 bits per heavy atom. The van der Waals surface area contributed by atoms with Crippen LogP contribution in [0.25, 0.3) is 0 Å². The molecule has 0 saturated carbocycles. The maximum Gasteiger partial charge on any atom is 0.316 e. The van der Waals surface area contributed by atoms with Crippen LogP contribution < -0.4 is 10.2 Å². The molecule has 1 aliphatic heterocycles. The van der Waals surface area contributed by atoms with E-state index < -0.39 is 11.8 Å². The number of carbonyl (C=O) groups is 2. The Hall–Kier alpha value is -2.14. The van der Waals surface area contributed by atoms with Gasteiger partial charge in [0.1, 0.15) is 0 Å². The molecule has 2 aromatic carbocycles. The number of halogens is 1. The van der Waals surface area contributed by atoms with Crippen LogP contribution in [0.1, 0.15) is 12.5 Å². The smallest absolute Gasteiger partial charge is 0.316 e. The van der Waals surface area contributed by atoms with Crippen molar-refractivity contribution in [3.8, 4) is 0 Å².